The second-order valence-electron chi connectivity index (χ2n) is 4.41. The van der Waals surface area contributed by atoms with E-state index in [2.05, 4.69) is 19.2 Å². The molecule has 1 fully saturated rings. The zero-order valence-electron chi connectivity index (χ0n) is 11.5. The molecule has 4 heteroatoms. The van der Waals surface area contributed by atoms with Gasteiger partial charge in [0.2, 0.25) is 6.41 Å². The average molecular weight is 263 g/mol. The van der Waals surface area contributed by atoms with E-state index in [9.17, 15) is 9.59 Å². The molecule has 0 bridgehead atoms. The van der Waals surface area contributed by atoms with Crippen molar-refractivity contribution in [3.8, 4) is 0 Å². The standard InChI is InChI=1S/C12H13NO3.C3H8/c14-8-13-11-4-2-1-3-10(11)12-7-9(15)5-6-16-12;1-3-2/h1-4,8,12H,5-7H2,(H,13,14);3H2,1-2H3. The number of carbonyl (C=O) groups is 2. The average Bonchev–Trinajstić information content (AvgIpc) is 2.41. The van der Waals surface area contributed by atoms with Gasteiger partial charge in [0, 0.05) is 24.1 Å². The van der Waals surface area contributed by atoms with E-state index in [0.717, 1.165) is 5.56 Å². The molecule has 1 aliphatic rings. The van der Waals surface area contributed by atoms with E-state index >= 15 is 0 Å². The second kappa shape index (κ2) is 8.43. The fourth-order valence-electron chi connectivity index (χ4n) is 1.86. The summed E-state index contributed by atoms with van der Waals surface area (Å²) >= 11 is 0. The number of hydrogen-bond donors (Lipinski definition) is 1. The number of para-hydroxylation sites is 1. The highest BCUT2D eigenvalue weighted by Gasteiger charge is 2.23. The number of rotatable bonds is 3. The lowest BCUT2D eigenvalue weighted by Crippen LogP contribution is -2.20. The molecule has 0 spiro atoms. The summed E-state index contributed by atoms with van der Waals surface area (Å²) in [6.07, 6.45) is 2.52. The highest BCUT2D eigenvalue weighted by Crippen LogP contribution is 2.30. The van der Waals surface area contributed by atoms with Crippen LogP contribution in [0.4, 0.5) is 5.69 Å². The van der Waals surface area contributed by atoms with E-state index in [1.807, 2.05) is 18.2 Å². The highest BCUT2D eigenvalue weighted by atomic mass is 16.5. The first-order chi connectivity index (χ1) is 9.22. The van der Waals surface area contributed by atoms with E-state index in [-0.39, 0.29) is 11.9 Å². The molecule has 0 aliphatic carbocycles. The van der Waals surface area contributed by atoms with Gasteiger partial charge in [-0.2, -0.15) is 0 Å². The number of benzene rings is 1. The van der Waals surface area contributed by atoms with Crippen LogP contribution in [0.1, 0.15) is 44.8 Å². The highest BCUT2D eigenvalue weighted by molar-refractivity contribution is 5.81. The Morgan fingerprint density at radius 3 is 2.68 bits per heavy atom. The van der Waals surface area contributed by atoms with Gasteiger partial charge < -0.3 is 10.1 Å². The number of Topliss-reactive ketones (excluding diaryl/α,β-unsaturated/α-hetero) is 1. The van der Waals surface area contributed by atoms with Gasteiger partial charge in [-0.05, 0) is 6.07 Å². The summed E-state index contributed by atoms with van der Waals surface area (Å²) in [5.41, 5.74) is 1.57. The molecule has 1 unspecified atom stereocenters. The molecule has 1 N–H and O–H groups in total. The van der Waals surface area contributed by atoms with Crippen LogP contribution in [0.15, 0.2) is 24.3 Å². The van der Waals surface area contributed by atoms with Gasteiger partial charge in [0.1, 0.15) is 5.78 Å². The van der Waals surface area contributed by atoms with E-state index in [4.69, 9.17) is 4.74 Å². The van der Waals surface area contributed by atoms with Gasteiger partial charge in [-0.15, -0.1) is 0 Å². The van der Waals surface area contributed by atoms with Crippen molar-refractivity contribution in [1.82, 2.24) is 0 Å². The number of ether oxygens (including phenoxy) is 1. The summed E-state index contributed by atoms with van der Waals surface area (Å²) in [5.74, 6) is 0.206. The number of ketones is 1. The largest absolute Gasteiger partial charge is 0.373 e. The van der Waals surface area contributed by atoms with Gasteiger partial charge in [-0.1, -0.05) is 38.5 Å². The third-order valence-electron chi connectivity index (χ3n) is 2.64. The maximum absolute atomic E-state index is 11.3. The summed E-state index contributed by atoms with van der Waals surface area (Å²) in [4.78, 5) is 21.8. The predicted octanol–water partition coefficient (Wildman–Crippen LogP) is 3.09. The summed E-state index contributed by atoms with van der Waals surface area (Å²) in [5, 5.41) is 2.62. The maximum Gasteiger partial charge on any atom is 0.211 e. The lowest BCUT2D eigenvalue weighted by atomic mass is 9.99. The molecule has 1 heterocycles. The van der Waals surface area contributed by atoms with Crippen LogP contribution >= 0.6 is 0 Å². The monoisotopic (exact) mass is 263 g/mol. The Kier molecular flexibility index (Phi) is 6.82. The van der Waals surface area contributed by atoms with E-state index in [1.165, 1.54) is 6.42 Å². The Morgan fingerprint density at radius 1 is 1.37 bits per heavy atom. The molecule has 2 rings (SSSR count). The Labute approximate surface area is 114 Å². The van der Waals surface area contributed by atoms with Crippen molar-refractivity contribution in [1.29, 1.82) is 0 Å². The molecule has 104 valence electrons. The number of anilines is 1. The van der Waals surface area contributed by atoms with Crippen molar-refractivity contribution in [2.45, 2.75) is 39.2 Å². The van der Waals surface area contributed by atoms with Gasteiger partial charge in [0.25, 0.3) is 0 Å². The number of nitrogens with one attached hydrogen (secondary N) is 1. The Morgan fingerprint density at radius 2 is 2.05 bits per heavy atom. The number of hydrogen-bond acceptors (Lipinski definition) is 3. The fourth-order valence-corrected chi connectivity index (χ4v) is 1.86. The molecule has 19 heavy (non-hydrogen) atoms. The van der Waals surface area contributed by atoms with Crippen LogP contribution in [0.2, 0.25) is 0 Å². The first-order valence-electron chi connectivity index (χ1n) is 6.65. The molecule has 1 aromatic rings. The van der Waals surface area contributed by atoms with Crippen LogP contribution in [0.5, 0.6) is 0 Å². The molecule has 0 radical (unpaired) electrons. The smallest absolute Gasteiger partial charge is 0.211 e. The van der Waals surface area contributed by atoms with Crippen molar-refractivity contribution in [3.05, 3.63) is 29.8 Å². The molecular weight excluding hydrogens is 242 g/mol. The predicted molar refractivity (Wildman–Crippen MR) is 75.0 cm³/mol. The van der Waals surface area contributed by atoms with E-state index < -0.39 is 0 Å². The minimum atomic E-state index is -0.232. The Bertz CT molecular complexity index is 418. The first kappa shape index (κ1) is 15.4. The van der Waals surface area contributed by atoms with Crippen LogP contribution < -0.4 is 5.32 Å². The summed E-state index contributed by atoms with van der Waals surface area (Å²) in [6, 6.07) is 7.37. The maximum atomic E-state index is 11.3. The molecular formula is C15H21NO3. The zero-order chi connectivity index (χ0) is 14.1. The van der Waals surface area contributed by atoms with Crippen LogP contribution in [-0.2, 0) is 14.3 Å². The van der Waals surface area contributed by atoms with E-state index in [0.29, 0.717) is 31.5 Å². The minimum Gasteiger partial charge on any atom is -0.373 e. The van der Waals surface area contributed by atoms with E-state index in [1.54, 1.807) is 6.07 Å². The molecule has 1 aromatic carbocycles. The van der Waals surface area contributed by atoms with Crippen LogP contribution in [0, 0.1) is 0 Å². The lowest BCUT2D eigenvalue weighted by molar-refractivity contribution is -0.128. The Balaban J connectivity index is 0.000000550. The normalized spacial score (nSPS) is 18.2. The van der Waals surface area contributed by atoms with Gasteiger partial charge in [0.15, 0.2) is 0 Å². The van der Waals surface area contributed by atoms with Crippen LogP contribution in [-0.4, -0.2) is 18.8 Å². The first-order valence-corrected chi connectivity index (χ1v) is 6.65. The second-order valence-corrected chi connectivity index (χ2v) is 4.41. The SMILES string of the molecule is CCC.O=CNc1ccccc1C1CC(=O)CCO1. The molecule has 1 aliphatic heterocycles. The van der Waals surface area contributed by atoms with Crippen molar-refractivity contribution in [2.75, 3.05) is 11.9 Å². The third-order valence-corrected chi connectivity index (χ3v) is 2.64. The van der Waals surface area contributed by atoms with Crippen molar-refractivity contribution >= 4 is 17.9 Å². The van der Waals surface area contributed by atoms with Gasteiger partial charge in [-0.25, -0.2) is 0 Å². The summed E-state index contributed by atoms with van der Waals surface area (Å²) in [7, 11) is 0. The molecule has 4 nitrogen and oxygen atoms in total. The van der Waals surface area contributed by atoms with Gasteiger partial charge in [-0.3, -0.25) is 9.59 Å². The fraction of sp³-hybridized carbons (Fsp3) is 0.467. The zero-order valence-corrected chi connectivity index (χ0v) is 11.5. The van der Waals surface area contributed by atoms with Crippen LogP contribution in [0.25, 0.3) is 0 Å². The molecule has 0 aromatic heterocycles. The molecule has 1 amide bonds. The quantitative estimate of drug-likeness (QED) is 0.852. The molecule has 1 atom stereocenters. The lowest BCUT2D eigenvalue weighted by Gasteiger charge is -2.23. The third kappa shape index (κ3) is 4.83. The molecule has 1 saturated heterocycles. The van der Waals surface area contributed by atoms with Gasteiger partial charge >= 0.3 is 0 Å². The number of carbonyl (C=O) groups excluding carboxylic acids is 2. The topological polar surface area (TPSA) is 55.4 Å². The molecule has 0 saturated carbocycles. The Hall–Kier alpha value is -1.68. The van der Waals surface area contributed by atoms with Crippen molar-refractivity contribution in [2.24, 2.45) is 0 Å². The summed E-state index contributed by atoms with van der Waals surface area (Å²) < 4.78 is 5.54. The minimum absolute atomic E-state index is 0.206. The van der Waals surface area contributed by atoms with Crippen LogP contribution in [0.3, 0.4) is 0 Å². The van der Waals surface area contributed by atoms with Gasteiger partial charge in [0.05, 0.1) is 12.7 Å². The number of amides is 1. The summed E-state index contributed by atoms with van der Waals surface area (Å²) in [6.45, 7) is 4.71. The van der Waals surface area contributed by atoms with Crippen molar-refractivity contribution in [3.63, 3.8) is 0 Å². The van der Waals surface area contributed by atoms with Crippen molar-refractivity contribution < 1.29 is 14.3 Å².